The fourth-order valence-electron chi connectivity index (χ4n) is 2.79. The van der Waals surface area contributed by atoms with E-state index in [0.29, 0.717) is 11.4 Å². The van der Waals surface area contributed by atoms with Gasteiger partial charge in [0.2, 0.25) is 5.91 Å². The van der Waals surface area contributed by atoms with Crippen LogP contribution in [-0.4, -0.2) is 36.7 Å². The van der Waals surface area contributed by atoms with Gasteiger partial charge in [0, 0.05) is 11.4 Å². The van der Waals surface area contributed by atoms with E-state index in [1.807, 2.05) is 32.9 Å². The Morgan fingerprint density at radius 1 is 0.812 bits per heavy atom. The summed E-state index contributed by atoms with van der Waals surface area (Å²) in [6, 6.07) is 10.6. The molecule has 0 aliphatic carbocycles. The lowest BCUT2D eigenvalue weighted by atomic mass is 10.1. The minimum atomic E-state index is -0.663. The number of benzene rings is 2. The molecular weight excluding hydrogens is 410 g/mol. The number of hydrogen-bond donors (Lipinski definition) is 3. The number of rotatable bonds is 7. The van der Waals surface area contributed by atoms with E-state index in [9.17, 15) is 14.4 Å². The number of alkyl carbamates (subject to hydrolysis) is 1. The zero-order valence-corrected chi connectivity index (χ0v) is 19.4. The summed E-state index contributed by atoms with van der Waals surface area (Å²) >= 11 is 0. The van der Waals surface area contributed by atoms with Crippen molar-refractivity contribution in [2.24, 2.45) is 0 Å². The molecule has 0 bridgehead atoms. The van der Waals surface area contributed by atoms with Gasteiger partial charge in [0.15, 0.2) is 6.61 Å². The maximum absolute atomic E-state index is 12.2. The lowest BCUT2D eigenvalue weighted by Crippen LogP contribution is -2.37. The Labute approximate surface area is 188 Å². The highest BCUT2D eigenvalue weighted by Gasteiger charge is 2.16. The van der Waals surface area contributed by atoms with Crippen LogP contribution in [0.25, 0.3) is 0 Å². The van der Waals surface area contributed by atoms with E-state index >= 15 is 0 Å². The van der Waals surface area contributed by atoms with Gasteiger partial charge in [-0.3, -0.25) is 9.59 Å². The molecule has 0 heterocycles. The summed E-state index contributed by atoms with van der Waals surface area (Å²) in [5, 5.41) is 7.81. The van der Waals surface area contributed by atoms with Crippen LogP contribution in [0.5, 0.6) is 5.75 Å². The molecule has 0 atom stereocenters. The van der Waals surface area contributed by atoms with Crippen molar-refractivity contribution in [3.63, 3.8) is 0 Å². The van der Waals surface area contributed by atoms with Gasteiger partial charge >= 0.3 is 6.09 Å². The van der Waals surface area contributed by atoms with Gasteiger partial charge in [-0.15, -0.1) is 0 Å². The third kappa shape index (κ3) is 7.94. The van der Waals surface area contributed by atoms with E-state index in [-0.39, 0.29) is 19.1 Å². The number of hydrogen-bond acceptors (Lipinski definition) is 5. The number of ether oxygens (including phenoxy) is 2. The molecule has 0 aromatic heterocycles. The normalized spacial score (nSPS) is 10.8. The Hall–Kier alpha value is -3.55. The van der Waals surface area contributed by atoms with Crippen LogP contribution in [0.3, 0.4) is 0 Å². The summed E-state index contributed by atoms with van der Waals surface area (Å²) in [4.78, 5) is 35.8. The van der Waals surface area contributed by atoms with E-state index in [2.05, 4.69) is 16.0 Å². The van der Waals surface area contributed by atoms with Crippen molar-refractivity contribution in [3.05, 3.63) is 53.1 Å². The Kier molecular flexibility index (Phi) is 8.23. The van der Waals surface area contributed by atoms with E-state index in [1.165, 1.54) is 0 Å². The molecule has 8 heteroatoms. The average Bonchev–Trinajstić information content (AvgIpc) is 2.69. The van der Waals surface area contributed by atoms with Crippen molar-refractivity contribution in [2.75, 3.05) is 23.8 Å². The molecule has 32 heavy (non-hydrogen) atoms. The van der Waals surface area contributed by atoms with Gasteiger partial charge in [0.1, 0.15) is 17.9 Å². The molecule has 0 aliphatic heterocycles. The summed E-state index contributed by atoms with van der Waals surface area (Å²) in [5.41, 5.74) is 3.55. The smallest absolute Gasteiger partial charge is 0.408 e. The van der Waals surface area contributed by atoms with Crippen molar-refractivity contribution < 1.29 is 23.9 Å². The Bertz CT molecular complexity index is 978. The molecule has 0 spiro atoms. The number of aryl methyl sites for hydroxylation is 2. The molecule has 3 amide bonds. The van der Waals surface area contributed by atoms with Gasteiger partial charge in [-0.25, -0.2) is 4.79 Å². The van der Waals surface area contributed by atoms with Crippen LogP contribution in [0.15, 0.2) is 36.4 Å². The molecule has 0 aliphatic rings. The fraction of sp³-hybridized carbons (Fsp3) is 0.375. The third-order valence-electron chi connectivity index (χ3n) is 4.47. The van der Waals surface area contributed by atoms with Crippen molar-refractivity contribution >= 4 is 29.3 Å². The minimum absolute atomic E-state index is 0.111. The van der Waals surface area contributed by atoms with Crippen LogP contribution >= 0.6 is 0 Å². The highest BCUT2D eigenvalue weighted by molar-refractivity contribution is 5.95. The van der Waals surface area contributed by atoms with Crippen LogP contribution < -0.4 is 20.7 Å². The highest BCUT2D eigenvalue weighted by Crippen LogP contribution is 2.25. The Morgan fingerprint density at radius 3 is 1.91 bits per heavy atom. The first-order valence-electron chi connectivity index (χ1n) is 10.3. The molecule has 2 aromatic rings. The molecule has 0 saturated heterocycles. The zero-order chi connectivity index (χ0) is 23.9. The summed E-state index contributed by atoms with van der Waals surface area (Å²) in [5.74, 6) is 0.0341. The quantitative estimate of drug-likeness (QED) is 0.600. The van der Waals surface area contributed by atoms with E-state index in [0.717, 1.165) is 22.4 Å². The molecule has 0 radical (unpaired) electrons. The summed E-state index contributed by atoms with van der Waals surface area (Å²) in [6.07, 6.45) is -0.663. The van der Waals surface area contributed by atoms with E-state index in [4.69, 9.17) is 9.47 Å². The second-order valence-corrected chi connectivity index (χ2v) is 8.47. The standard InChI is InChI=1S/C24H31N3O5/c1-15-7-8-16(2)22(17(15)3)31-14-21(29)27-19-11-9-18(10-12-19)26-20(28)13-25-23(30)32-24(4,5)6/h7-12H,13-14H2,1-6H3,(H,25,30)(H,26,28)(H,27,29). The van der Waals surface area contributed by atoms with Crippen LogP contribution in [0.2, 0.25) is 0 Å². The molecule has 172 valence electrons. The molecule has 2 rings (SSSR count). The topological polar surface area (TPSA) is 106 Å². The zero-order valence-electron chi connectivity index (χ0n) is 19.4. The molecule has 0 unspecified atom stereocenters. The molecule has 0 saturated carbocycles. The summed E-state index contributed by atoms with van der Waals surface area (Å²) in [6.45, 7) is 10.8. The number of amides is 3. The first-order valence-corrected chi connectivity index (χ1v) is 10.3. The number of anilines is 2. The highest BCUT2D eigenvalue weighted by atomic mass is 16.6. The first kappa shape index (κ1) is 24.7. The monoisotopic (exact) mass is 441 g/mol. The fourth-order valence-corrected chi connectivity index (χ4v) is 2.79. The second kappa shape index (κ2) is 10.7. The summed E-state index contributed by atoms with van der Waals surface area (Å²) in [7, 11) is 0. The molecule has 0 fully saturated rings. The largest absolute Gasteiger partial charge is 0.483 e. The Morgan fingerprint density at radius 2 is 1.34 bits per heavy atom. The van der Waals surface area contributed by atoms with Gasteiger partial charge in [0.25, 0.3) is 5.91 Å². The summed E-state index contributed by atoms with van der Waals surface area (Å²) < 4.78 is 10.8. The molecule has 3 N–H and O–H groups in total. The van der Waals surface area contributed by atoms with Crippen LogP contribution in [0.1, 0.15) is 37.5 Å². The second-order valence-electron chi connectivity index (χ2n) is 8.47. The lowest BCUT2D eigenvalue weighted by Gasteiger charge is -2.19. The average molecular weight is 442 g/mol. The maximum Gasteiger partial charge on any atom is 0.408 e. The molecule has 8 nitrogen and oxygen atoms in total. The SMILES string of the molecule is Cc1ccc(C)c(OCC(=O)Nc2ccc(NC(=O)CNC(=O)OC(C)(C)C)cc2)c1C. The molecule has 2 aromatic carbocycles. The van der Waals surface area contributed by atoms with Gasteiger partial charge < -0.3 is 25.4 Å². The van der Waals surface area contributed by atoms with Gasteiger partial charge in [-0.1, -0.05) is 12.1 Å². The van der Waals surface area contributed by atoms with Gasteiger partial charge in [0.05, 0.1) is 0 Å². The van der Waals surface area contributed by atoms with Crippen LogP contribution in [0, 0.1) is 20.8 Å². The predicted molar refractivity (Wildman–Crippen MR) is 124 cm³/mol. The van der Waals surface area contributed by atoms with E-state index < -0.39 is 17.6 Å². The predicted octanol–water partition coefficient (Wildman–Crippen LogP) is 4.09. The van der Waals surface area contributed by atoms with Gasteiger partial charge in [-0.2, -0.15) is 0 Å². The van der Waals surface area contributed by atoms with Crippen LogP contribution in [-0.2, 0) is 14.3 Å². The van der Waals surface area contributed by atoms with Crippen molar-refractivity contribution in [1.29, 1.82) is 0 Å². The van der Waals surface area contributed by atoms with Crippen molar-refractivity contribution in [1.82, 2.24) is 5.32 Å². The Balaban J connectivity index is 1.81. The first-order chi connectivity index (χ1) is 14.9. The van der Waals surface area contributed by atoms with Gasteiger partial charge in [-0.05, 0) is 82.5 Å². The van der Waals surface area contributed by atoms with E-state index in [1.54, 1.807) is 45.0 Å². The lowest BCUT2D eigenvalue weighted by molar-refractivity contribution is -0.118. The number of carbonyl (C=O) groups is 3. The number of carbonyl (C=O) groups excluding carboxylic acids is 3. The minimum Gasteiger partial charge on any atom is -0.483 e. The van der Waals surface area contributed by atoms with Crippen molar-refractivity contribution in [3.8, 4) is 5.75 Å². The van der Waals surface area contributed by atoms with Crippen LogP contribution in [0.4, 0.5) is 16.2 Å². The number of nitrogens with one attached hydrogen (secondary N) is 3. The van der Waals surface area contributed by atoms with Crippen molar-refractivity contribution in [2.45, 2.75) is 47.1 Å². The third-order valence-corrected chi connectivity index (χ3v) is 4.47. The molecular formula is C24H31N3O5. The maximum atomic E-state index is 12.2.